The molecule has 172 valence electrons. The number of amides is 1. The van der Waals surface area contributed by atoms with Crippen molar-refractivity contribution in [1.82, 2.24) is 19.7 Å². The minimum Gasteiger partial charge on any atom is -0.495 e. The monoisotopic (exact) mass is 457 g/mol. The molecule has 0 N–H and O–H groups in total. The van der Waals surface area contributed by atoms with Crippen LogP contribution in [0.15, 0.2) is 78.9 Å². The van der Waals surface area contributed by atoms with Gasteiger partial charge in [-0.25, -0.2) is 14.1 Å². The quantitative estimate of drug-likeness (QED) is 0.453. The van der Waals surface area contributed by atoms with Crippen molar-refractivity contribution in [2.24, 2.45) is 0 Å². The minimum absolute atomic E-state index is 0.119. The van der Waals surface area contributed by atoms with Crippen molar-refractivity contribution in [2.45, 2.75) is 0 Å². The van der Waals surface area contributed by atoms with Crippen molar-refractivity contribution < 1.29 is 13.9 Å². The van der Waals surface area contributed by atoms with Gasteiger partial charge in [0.05, 0.1) is 18.5 Å². The standard InChI is InChI=1S/C26H24FN5O2/c1-34-23-10-6-5-9-22(23)30-15-17-31(18-16-30)26(33)24-28-25(19-7-3-2-4-8-19)32(29-24)21-13-11-20(27)12-14-21/h2-14H,15-18H2,1H3. The van der Waals surface area contributed by atoms with Gasteiger partial charge in [-0.05, 0) is 36.4 Å². The van der Waals surface area contributed by atoms with Crippen LogP contribution < -0.4 is 9.64 Å². The van der Waals surface area contributed by atoms with Crippen molar-refractivity contribution in [3.63, 3.8) is 0 Å². The first kappa shape index (κ1) is 21.6. The van der Waals surface area contributed by atoms with E-state index >= 15 is 0 Å². The maximum absolute atomic E-state index is 13.5. The molecule has 0 saturated carbocycles. The summed E-state index contributed by atoms with van der Waals surface area (Å²) >= 11 is 0. The topological polar surface area (TPSA) is 63.5 Å². The Morgan fingerprint density at radius 2 is 1.56 bits per heavy atom. The average Bonchev–Trinajstić information content (AvgIpc) is 3.35. The van der Waals surface area contributed by atoms with Crippen LogP contribution in [-0.4, -0.2) is 58.9 Å². The van der Waals surface area contributed by atoms with E-state index in [1.165, 1.54) is 12.1 Å². The summed E-state index contributed by atoms with van der Waals surface area (Å²) in [6, 6.07) is 23.4. The number of carbonyl (C=O) groups is 1. The van der Waals surface area contributed by atoms with Crippen molar-refractivity contribution in [3.05, 3.63) is 90.5 Å². The van der Waals surface area contributed by atoms with Crippen LogP contribution in [0.5, 0.6) is 5.75 Å². The van der Waals surface area contributed by atoms with Crippen LogP contribution in [0.3, 0.4) is 0 Å². The van der Waals surface area contributed by atoms with Crippen LogP contribution in [0.25, 0.3) is 17.1 Å². The van der Waals surface area contributed by atoms with E-state index in [4.69, 9.17) is 4.74 Å². The highest BCUT2D eigenvalue weighted by Gasteiger charge is 2.27. The van der Waals surface area contributed by atoms with Gasteiger partial charge in [-0.1, -0.05) is 42.5 Å². The van der Waals surface area contributed by atoms with Crippen LogP contribution in [0, 0.1) is 5.82 Å². The number of hydrogen-bond acceptors (Lipinski definition) is 5. The molecular formula is C26H24FN5O2. The van der Waals surface area contributed by atoms with Crippen LogP contribution in [0.1, 0.15) is 10.6 Å². The van der Waals surface area contributed by atoms with E-state index in [0.717, 1.165) is 17.0 Å². The summed E-state index contributed by atoms with van der Waals surface area (Å²) in [5.41, 5.74) is 2.47. The molecule has 0 spiro atoms. The van der Waals surface area contributed by atoms with Gasteiger partial charge in [0.15, 0.2) is 5.82 Å². The third-order valence-electron chi connectivity index (χ3n) is 5.89. The number of methoxy groups -OCH3 is 1. The number of piperazine rings is 1. The Kier molecular flexibility index (Phi) is 5.95. The summed E-state index contributed by atoms with van der Waals surface area (Å²) in [6.45, 7) is 2.44. The average molecular weight is 458 g/mol. The van der Waals surface area contributed by atoms with E-state index in [2.05, 4.69) is 15.0 Å². The third-order valence-corrected chi connectivity index (χ3v) is 5.89. The fourth-order valence-electron chi connectivity index (χ4n) is 4.12. The number of aromatic nitrogens is 3. The molecule has 1 fully saturated rings. The highest BCUT2D eigenvalue weighted by Crippen LogP contribution is 2.29. The van der Waals surface area contributed by atoms with Crippen molar-refractivity contribution in [1.29, 1.82) is 0 Å². The Morgan fingerprint density at radius 3 is 2.26 bits per heavy atom. The Labute approximate surface area is 197 Å². The molecule has 2 heterocycles. The molecule has 4 aromatic rings. The molecule has 1 aliphatic heterocycles. The second-order valence-corrected chi connectivity index (χ2v) is 7.96. The third kappa shape index (κ3) is 4.22. The Morgan fingerprint density at radius 1 is 0.882 bits per heavy atom. The Hall–Kier alpha value is -4.20. The number of para-hydroxylation sites is 2. The normalized spacial score (nSPS) is 13.7. The van der Waals surface area contributed by atoms with E-state index in [0.29, 0.717) is 37.7 Å². The molecule has 0 radical (unpaired) electrons. The summed E-state index contributed by atoms with van der Waals surface area (Å²) in [4.78, 5) is 21.9. The van der Waals surface area contributed by atoms with E-state index in [-0.39, 0.29) is 17.5 Å². The lowest BCUT2D eigenvalue weighted by atomic mass is 10.2. The van der Waals surface area contributed by atoms with Crippen LogP contribution >= 0.6 is 0 Å². The number of halogens is 1. The number of carbonyl (C=O) groups excluding carboxylic acids is 1. The summed E-state index contributed by atoms with van der Waals surface area (Å²) < 4.78 is 20.6. The summed E-state index contributed by atoms with van der Waals surface area (Å²) in [5, 5.41) is 4.52. The molecule has 1 aromatic heterocycles. The molecule has 1 aliphatic rings. The van der Waals surface area contributed by atoms with Gasteiger partial charge in [0, 0.05) is 31.7 Å². The molecule has 0 aliphatic carbocycles. The zero-order chi connectivity index (χ0) is 23.5. The number of ether oxygens (including phenoxy) is 1. The predicted molar refractivity (Wildman–Crippen MR) is 128 cm³/mol. The summed E-state index contributed by atoms with van der Waals surface area (Å²) in [7, 11) is 1.66. The van der Waals surface area contributed by atoms with Gasteiger partial charge in [0.2, 0.25) is 5.82 Å². The molecule has 0 bridgehead atoms. The van der Waals surface area contributed by atoms with E-state index in [9.17, 15) is 9.18 Å². The van der Waals surface area contributed by atoms with Gasteiger partial charge >= 0.3 is 0 Å². The van der Waals surface area contributed by atoms with Gasteiger partial charge in [-0.3, -0.25) is 4.79 Å². The lowest BCUT2D eigenvalue weighted by Gasteiger charge is -2.36. The molecule has 8 heteroatoms. The number of hydrogen-bond donors (Lipinski definition) is 0. The van der Waals surface area contributed by atoms with Gasteiger partial charge in [0.25, 0.3) is 5.91 Å². The first-order valence-electron chi connectivity index (χ1n) is 11.1. The Bertz CT molecular complexity index is 1280. The minimum atomic E-state index is -0.339. The zero-order valence-electron chi connectivity index (χ0n) is 18.8. The zero-order valence-corrected chi connectivity index (χ0v) is 18.8. The van der Waals surface area contributed by atoms with Crippen LogP contribution in [0.4, 0.5) is 10.1 Å². The van der Waals surface area contributed by atoms with Gasteiger partial charge in [-0.2, -0.15) is 0 Å². The largest absolute Gasteiger partial charge is 0.495 e. The fourth-order valence-corrected chi connectivity index (χ4v) is 4.12. The number of rotatable bonds is 5. The van der Waals surface area contributed by atoms with Crippen molar-refractivity contribution in [3.8, 4) is 22.8 Å². The van der Waals surface area contributed by atoms with Gasteiger partial charge < -0.3 is 14.5 Å². The summed E-state index contributed by atoms with van der Waals surface area (Å²) in [5.74, 6) is 0.902. The molecule has 1 saturated heterocycles. The molecular weight excluding hydrogens is 433 g/mol. The van der Waals surface area contributed by atoms with Gasteiger partial charge in [0.1, 0.15) is 11.6 Å². The van der Waals surface area contributed by atoms with E-state index < -0.39 is 0 Å². The number of anilines is 1. The molecule has 3 aromatic carbocycles. The molecule has 0 unspecified atom stereocenters. The van der Waals surface area contributed by atoms with Crippen LogP contribution in [0.2, 0.25) is 0 Å². The van der Waals surface area contributed by atoms with Crippen molar-refractivity contribution >= 4 is 11.6 Å². The van der Waals surface area contributed by atoms with Crippen LogP contribution in [-0.2, 0) is 0 Å². The van der Waals surface area contributed by atoms with Gasteiger partial charge in [-0.15, -0.1) is 5.10 Å². The highest BCUT2D eigenvalue weighted by atomic mass is 19.1. The smallest absolute Gasteiger partial charge is 0.293 e. The second-order valence-electron chi connectivity index (χ2n) is 7.96. The molecule has 0 atom stereocenters. The maximum atomic E-state index is 13.5. The van der Waals surface area contributed by atoms with E-state index in [1.807, 2.05) is 54.6 Å². The van der Waals surface area contributed by atoms with E-state index in [1.54, 1.807) is 28.8 Å². The lowest BCUT2D eigenvalue weighted by molar-refractivity contribution is 0.0734. The number of benzene rings is 3. The number of nitrogens with zero attached hydrogens (tertiary/aromatic N) is 5. The highest BCUT2D eigenvalue weighted by molar-refractivity contribution is 5.91. The molecule has 7 nitrogen and oxygen atoms in total. The molecule has 1 amide bonds. The maximum Gasteiger partial charge on any atom is 0.293 e. The second kappa shape index (κ2) is 9.35. The predicted octanol–water partition coefficient (Wildman–Crippen LogP) is 4.04. The lowest BCUT2D eigenvalue weighted by Crippen LogP contribution is -2.49. The molecule has 34 heavy (non-hydrogen) atoms. The first-order valence-corrected chi connectivity index (χ1v) is 11.1. The summed E-state index contributed by atoms with van der Waals surface area (Å²) in [6.07, 6.45) is 0. The SMILES string of the molecule is COc1ccccc1N1CCN(C(=O)c2nc(-c3ccccc3)n(-c3ccc(F)cc3)n2)CC1. The fraction of sp³-hybridized carbons (Fsp3) is 0.192. The first-order chi connectivity index (χ1) is 16.6. The Balaban J connectivity index is 1.40. The molecule has 5 rings (SSSR count). The van der Waals surface area contributed by atoms with Crippen molar-refractivity contribution in [2.75, 3.05) is 38.2 Å².